The number of halogens is 2. The van der Waals surface area contributed by atoms with Crippen LogP contribution in [-0.4, -0.2) is 20.3 Å². The van der Waals surface area contributed by atoms with Gasteiger partial charge in [0.25, 0.3) is 0 Å². The molecule has 2 nitrogen and oxygen atoms in total. The van der Waals surface area contributed by atoms with Gasteiger partial charge in [0.05, 0.1) is 0 Å². The quantitative estimate of drug-likeness (QED) is 0.809. The Labute approximate surface area is 106 Å². The summed E-state index contributed by atoms with van der Waals surface area (Å²) < 4.78 is 31.2. The molecule has 0 atom stereocenters. The van der Waals surface area contributed by atoms with Crippen LogP contribution in [0.5, 0.6) is 0 Å². The highest BCUT2D eigenvalue weighted by molar-refractivity contribution is 5.18. The molecular weight excluding hydrogens is 236 g/mol. The Bertz CT molecular complexity index is 405. The predicted molar refractivity (Wildman–Crippen MR) is 66.2 cm³/mol. The molecule has 0 saturated heterocycles. The molecule has 1 saturated carbocycles. The number of hydrogen-bond donors (Lipinski definition) is 1. The molecule has 0 aromatic heterocycles. The van der Waals surface area contributed by atoms with Gasteiger partial charge in [-0.25, -0.2) is 8.78 Å². The first-order valence-corrected chi connectivity index (χ1v) is 6.29. The van der Waals surface area contributed by atoms with Crippen molar-refractivity contribution >= 4 is 0 Å². The van der Waals surface area contributed by atoms with Crippen LogP contribution in [0, 0.1) is 17.0 Å². The van der Waals surface area contributed by atoms with Crippen molar-refractivity contribution in [2.45, 2.75) is 25.8 Å². The van der Waals surface area contributed by atoms with Crippen molar-refractivity contribution in [1.29, 1.82) is 0 Å². The normalized spacial score (nSPS) is 16.8. The third kappa shape index (κ3) is 3.50. The fourth-order valence-corrected chi connectivity index (χ4v) is 2.14. The van der Waals surface area contributed by atoms with Crippen molar-refractivity contribution in [2.75, 3.05) is 20.3 Å². The first kappa shape index (κ1) is 13.4. The molecule has 0 amide bonds. The van der Waals surface area contributed by atoms with E-state index in [1.807, 2.05) is 0 Å². The lowest BCUT2D eigenvalue weighted by Crippen LogP contribution is -2.25. The Balaban J connectivity index is 1.78. The predicted octanol–water partition coefficient (Wildman–Crippen LogP) is 2.87. The van der Waals surface area contributed by atoms with Gasteiger partial charge in [-0.15, -0.1) is 0 Å². The van der Waals surface area contributed by atoms with Crippen LogP contribution in [0.25, 0.3) is 0 Å². The first-order chi connectivity index (χ1) is 8.65. The number of hydrogen-bond acceptors (Lipinski definition) is 2. The smallest absolute Gasteiger partial charge is 0.130 e. The molecular formula is C14H19F2NO. The largest absolute Gasteiger partial charge is 0.385 e. The molecule has 1 fully saturated rings. The van der Waals surface area contributed by atoms with Crippen LogP contribution >= 0.6 is 0 Å². The first-order valence-electron chi connectivity index (χ1n) is 6.29. The van der Waals surface area contributed by atoms with Gasteiger partial charge in [0.1, 0.15) is 11.6 Å². The molecule has 100 valence electrons. The molecule has 1 N–H and O–H groups in total. The van der Waals surface area contributed by atoms with Crippen LogP contribution in [0.1, 0.15) is 24.8 Å². The summed E-state index contributed by atoms with van der Waals surface area (Å²) in [6, 6.07) is 3.71. The summed E-state index contributed by atoms with van der Waals surface area (Å²) in [7, 11) is 1.71. The minimum atomic E-state index is -0.532. The third-order valence-corrected chi connectivity index (χ3v) is 3.62. The van der Waals surface area contributed by atoms with Crippen molar-refractivity contribution in [3.63, 3.8) is 0 Å². The summed E-state index contributed by atoms with van der Waals surface area (Å²) in [6.07, 6.45) is 3.45. The van der Waals surface area contributed by atoms with Gasteiger partial charge < -0.3 is 10.1 Å². The SMILES string of the molecule is COCCC1(CNCc2ccc(F)cc2F)CC1. The lowest BCUT2D eigenvalue weighted by molar-refractivity contribution is 0.171. The Morgan fingerprint density at radius 2 is 2.11 bits per heavy atom. The summed E-state index contributed by atoms with van der Waals surface area (Å²) in [6.45, 7) is 2.08. The van der Waals surface area contributed by atoms with Crippen molar-refractivity contribution in [3.05, 3.63) is 35.4 Å². The number of rotatable bonds is 7. The van der Waals surface area contributed by atoms with Crippen LogP contribution in [0.2, 0.25) is 0 Å². The van der Waals surface area contributed by atoms with Gasteiger partial charge >= 0.3 is 0 Å². The Hall–Kier alpha value is -1.00. The van der Waals surface area contributed by atoms with Gasteiger partial charge in [0.15, 0.2) is 0 Å². The molecule has 2 rings (SSSR count). The zero-order chi connectivity index (χ0) is 13.0. The number of benzene rings is 1. The van der Waals surface area contributed by atoms with E-state index in [0.717, 1.165) is 25.6 Å². The lowest BCUT2D eigenvalue weighted by atomic mass is 10.0. The fraction of sp³-hybridized carbons (Fsp3) is 0.571. The molecule has 1 aliphatic rings. The zero-order valence-electron chi connectivity index (χ0n) is 10.6. The summed E-state index contributed by atoms with van der Waals surface area (Å²) in [4.78, 5) is 0. The highest BCUT2D eigenvalue weighted by atomic mass is 19.1. The van der Waals surface area contributed by atoms with Crippen LogP contribution in [0.3, 0.4) is 0 Å². The number of nitrogens with one attached hydrogen (secondary N) is 1. The van der Waals surface area contributed by atoms with E-state index in [0.29, 0.717) is 17.5 Å². The van der Waals surface area contributed by atoms with E-state index in [-0.39, 0.29) is 0 Å². The number of methoxy groups -OCH3 is 1. The molecule has 18 heavy (non-hydrogen) atoms. The molecule has 0 unspecified atom stereocenters. The van der Waals surface area contributed by atoms with Crippen LogP contribution in [0.4, 0.5) is 8.78 Å². The monoisotopic (exact) mass is 255 g/mol. The second kappa shape index (κ2) is 5.76. The van der Waals surface area contributed by atoms with E-state index in [1.165, 1.54) is 25.0 Å². The molecule has 0 heterocycles. The van der Waals surface area contributed by atoms with E-state index in [9.17, 15) is 8.78 Å². The van der Waals surface area contributed by atoms with Gasteiger partial charge in [-0.3, -0.25) is 0 Å². The maximum Gasteiger partial charge on any atom is 0.130 e. The maximum atomic E-state index is 13.4. The Morgan fingerprint density at radius 1 is 1.33 bits per heavy atom. The lowest BCUT2D eigenvalue weighted by Gasteiger charge is -2.15. The topological polar surface area (TPSA) is 21.3 Å². The molecule has 4 heteroatoms. The van der Waals surface area contributed by atoms with Crippen LogP contribution < -0.4 is 5.32 Å². The molecule has 0 bridgehead atoms. The van der Waals surface area contributed by atoms with Crippen molar-refractivity contribution in [1.82, 2.24) is 5.32 Å². The van der Waals surface area contributed by atoms with Crippen molar-refractivity contribution in [3.8, 4) is 0 Å². The highest BCUT2D eigenvalue weighted by Crippen LogP contribution is 2.48. The van der Waals surface area contributed by atoms with E-state index < -0.39 is 11.6 Å². The maximum absolute atomic E-state index is 13.4. The van der Waals surface area contributed by atoms with E-state index in [4.69, 9.17) is 4.74 Å². The fourth-order valence-electron chi connectivity index (χ4n) is 2.14. The standard InChI is InChI=1S/C14H19F2NO/c1-18-7-6-14(4-5-14)10-17-9-11-2-3-12(15)8-13(11)16/h2-3,8,17H,4-7,9-10H2,1H3. The second-order valence-electron chi connectivity index (χ2n) is 5.08. The number of ether oxygens (including phenoxy) is 1. The van der Waals surface area contributed by atoms with Gasteiger partial charge in [-0.05, 0) is 30.7 Å². The summed E-state index contributed by atoms with van der Waals surface area (Å²) >= 11 is 0. The molecule has 0 radical (unpaired) electrons. The Morgan fingerprint density at radius 3 is 2.72 bits per heavy atom. The molecule has 1 aromatic rings. The Kier molecular flexibility index (Phi) is 4.30. The average Bonchev–Trinajstić information content (AvgIpc) is 3.10. The second-order valence-corrected chi connectivity index (χ2v) is 5.08. The molecule has 1 aromatic carbocycles. The van der Waals surface area contributed by atoms with Crippen molar-refractivity contribution < 1.29 is 13.5 Å². The molecule has 0 spiro atoms. The van der Waals surface area contributed by atoms with E-state index >= 15 is 0 Å². The van der Waals surface area contributed by atoms with Crippen LogP contribution in [0.15, 0.2) is 18.2 Å². The third-order valence-electron chi connectivity index (χ3n) is 3.62. The summed E-state index contributed by atoms with van der Waals surface area (Å²) in [5.74, 6) is -1.01. The minimum Gasteiger partial charge on any atom is -0.385 e. The van der Waals surface area contributed by atoms with Crippen molar-refractivity contribution in [2.24, 2.45) is 5.41 Å². The summed E-state index contributed by atoms with van der Waals surface area (Å²) in [5.41, 5.74) is 0.853. The van der Waals surface area contributed by atoms with Gasteiger partial charge in [0, 0.05) is 38.4 Å². The van der Waals surface area contributed by atoms with E-state index in [2.05, 4.69) is 5.32 Å². The van der Waals surface area contributed by atoms with Gasteiger partial charge in [0.2, 0.25) is 0 Å². The highest BCUT2D eigenvalue weighted by Gasteiger charge is 2.41. The summed E-state index contributed by atoms with van der Waals surface area (Å²) in [5, 5.41) is 3.26. The van der Waals surface area contributed by atoms with Gasteiger partial charge in [-0.2, -0.15) is 0 Å². The zero-order valence-corrected chi connectivity index (χ0v) is 10.6. The minimum absolute atomic E-state index is 0.340. The van der Waals surface area contributed by atoms with E-state index in [1.54, 1.807) is 7.11 Å². The average molecular weight is 255 g/mol. The molecule has 0 aliphatic heterocycles. The molecule has 1 aliphatic carbocycles. The van der Waals surface area contributed by atoms with Gasteiger partial charge in [-0.1, -0.05) is 6.07 Å². The van der Waals surface area contributed by atoms with Crippen LogP contribution in [-0.2, 0) is 11.3 Å².